The number of hydrogen-bond donors (Lipinski definition) is 1. The molecule has 27 heavy (non-hydrogen) atoms. The normalized spacial score (nSPS) is 13.4. The van der Waals surface area contributed by atoms with Gasteiger partial charge in [0, 0.05) is 29.6 Å². The Hall–Kier alpha value is -3.21. The van der Waals surface area contributed by atoms with Crippen LogP contribution in [0.4, 0.5) is 4.39 Å². The minimum atomic E-state index is -0.373. The fourth-order valence-electron chi connectivity index (χ4n) is 3.02. The number of hydrogen-bond acceptors (Lipinski definition) is 2. The third-order valence-corrected chi connectivity index (χ3v) is 4.81. The molecule has 4 nitrogen and oxygen atoms in total. The van der Waals surface area contributed by atoms with Crippen LogP contribution in [0.2, 0.25) is 0 Å². The van der Waals surface area contributed by atoms with E-state index in [1.807, 2.05) is 36.5 Å². The van der Waals surface area contributed by atoms with E-state index in [1.165, 1.54) is 6.07 Å². The monoisotopic (exact) mass is 361 g/mol. The maximum Gasteiger partial charge on any atom is 0.251 e. The van der Waals surface area contributed by atoms with E-state index in [4.69, 9.17) is 0 Å². The van der Waals surface area contributed by atoms with Gasteiger partial charge in [-0.05, 0) is 54.7 Å². The summed E-state index contributed by atoms with van der Waals surface area (Å²) in [6, 6.07) is 13.0. The Kier molecular flexibility index (Phi) is 4.36. The summed E-state index contributed by atoms with van der Waals surface area (Å²) in [5, 5.41) is 7.30. The molecule has 1 saturated carbocycles. The third-order valence-electron chi connectivity index (χ3n) is 4.81. The van der Waals surface area contributed by atoms with E-state index in [0.717, 1.165) is 35.2 Å². The predicted molar refractivity (Wildman–Crippen MR) is 105 cm³/mol. The molecule has 1 fully saturated rings. The Balaban J connectivity index is 1.66. The van der Waals surface area contributed by atoms with Crippen molar-refractivity contribution < 1.29 is 9.18 Å². The summed E-state index contributed by atoms with van der Waals surface area (Å²) in [6.45, 7) is 5.42. The average molecular weight is 361 g/mol. The molecular weight excluding hydrogens is 341 g/mol. The molecule has 1 amide bonds. The van der Waals surface area contributed by atoms with Gasteiger partial charge in [0.05, 0.1) is 5.69 Å². The van der Waals surface area contributed by atoms with E-state index in [1.54, 1.807) is 23.9 Å². The van der Waals surface area contributed by atoms with Crippen LogP contribution in [0.5, 0.6) is 0 Å². The number of halogens is 1. The van der Waals surface area contributed by atoms with Gasteiger partial charge in [-0.3, -0.25) is 4.79 Å². The molecule has 4 rings (SSSR count). The molecule has 1 aliphatic rings. The number of nitrogens with zero attached hydrogens (tertiary/aromatic N) is 2. The van der Waals surface area contributed by atoms with Crippen LogP contribution in [-0.2, 0) is 0 Å². The molecular formula is C22H20FN3O. The Morgan fingerprint density at radius 3 is 2.56 bits per heavy atom. The first-order valence-corrected chi connectivity index (χ1v) is 8.94. The van der Waals surface area contributed by atoms with Gasteiger partial charge in [0.15, 0.2) is 0 Å². The van der Waals surface area contributed by atoms with Gasteiger partial charge in [-0.15, -0.1) is 0 Å². The number of benzene rings is 2. The van der Waals surface area contributed by atoms with Crippen LogP contribution in [-0.4, -0.2) is 21.7 Å². The van der Waals surface area contributed by atoms with Gasteiger partial charge in [0.1, 0.15) is 5.82 Å². The van der Waals surface area contributed by atoms with Crippen molar-refractivity contribution >= 4 is 12.1 Å². The Morgan fingerprint density at radius 1 is 1.22 bits per heavy atom. The number of aromatic nitrogens is 2. The van der Waals surface area contributed by atoms with E-state index < -0.39 is 0 Å². The van der Waals surface area contributed by atoms with E-state index in [2.05, 4.69) is 17.0 Å². The van der Waals surface area contributed by atoms with Crippen LogP contribution in [0.25, 0.3) is 28.6 Å². The molecule has 3 aromatic rings. The lowest BCUT2D eigenvalue weighted by Crippen LogP contribution is -2.25. The molecule has 0 atom stereocenters. The van der Waals surface area contributed by atoms with E-state index in [0.29, 0.717) is 11.1 Å². The molecule has 0 bridgehead atoms. The van der Waals surface area contributed by atoms with E-state index >= 15 is 0 Å². The van der Waals surface area contributed by atoms with Gasteiger partial charge < -0.3 is 5.32 Å². The Morgan fingerprint density at radius 2 is 1.93 bits per heavy atom. The van der Waals surface area contributed by atoms with Crippen LogP contribution >= 0.6 is 0 Å². The summed E-state index contributed by atoms with van der Waals surface area (Å²) in [5.41, 5.74) is 4.26. The first kappa shape index (κ1) is 17.2. The van der Waals surface area contributed by atoms with Crippen LogP contribution in [0.3, 0.4) is 0 Å². The van der Waals surface area contributed by atoms with Crippen LogP contribution in [0, 0.1) is 12.7 Å². The molecule has 0 spiro atoms. The van der Waals surface area contributed by atoms with Gasteiger partial charge in [0.2, 0.25) is 0 Å². The van der Waals surface area contributed by atoms with E-state index in [-0.39, 0.29) is 17.8 Å². The summed E-state index contributed by atoms with van der Waals surface area (Å²) >= 11 is 0. The van der Waals surface area contributed by atoms with Gasteiger partial charge >= 0.3 is 0 Å². The standard InChI is InChI=1S/C22H20FN3O/c1-3-26-11-10-21(25-26)16-6-4-15(5-7-16)19-12-17(13-20(23)14(19)2)22(27)24-18-8-9-18/h3-7,10-13,18H,1,8-9H2,2H3,(H,24,27). The van der Waals surface area contributed by atoms with Gasteiger partial charge in [0.25, 0.3) is 5.91 Å². The topological polar surface area (TPSA) is 46.9 Å². The number of amides is 1. The van der Waals surface area contributed by atoms with Crippen LogP contribution in [0.1, 0.15) is 28.8 Å². The van der Waals surface area contributed by atoms with Crippen molar-refractivity contribution in [2.45, 2.75) is 25.8 Å². The van der Waals surface area contributed by atoms with Gasteiger partial charge in [-0.25, -0.2) is 9.07 Å². The highest BCUT2D eigenvalue weighted by Crippen LogP contribution is 2.29. The fraction of sp³-hybridized carbons (Fsp3) is 0.182. The molecule has 0 saturated heterocycles. The molecule has 1 aromatic heterocycles. The number of carbonyl (C=O) groups excluding carboxylic acids is 1. The summed E-state index contributed by atoms with van der Waals surface area (Å²) < 4.78 is 16.1. The minimum Gasteiger partial charge on any atom is -0.349 e. The zero-order valence-corrected chi connectivity index (χ0v) is 15.1. The molecule has 0 unspecified atom stereocenters. The zero-order chi connectivity index (χ0) is 19.0. The molecule has 1 N–H and O–H groups in total. The molecule has 1 aliphatic carbocycles. The lowest BCUT2D eigenvalue weighted by Gasteiger charge is -2.11. The maximum atomic E-state index is 14.4. The van der Waals surface area contributed by atoms with Crippen molar-refractivity contribution in [3.8, 4) is 22.4 Å². The first-order valence-electron chi connectivity index (χ1n) is 8.94. The van der Waals surface area contributed by atoms with Crippen molar-refractivity contribution in [3.63, 3.8) is 0 Å². The number of carbonyl (C=O) groups is 1. The second kappa shape index (κ2) is 6.83. The molecule has 2 aromatic carbocycles. The maximum absolute atomic E-state index is 14.4. The number of rotatable bonds is 5. The minimum absolute atomic E-state index is 0.218. The summed E-state index contributed by atoms with van der Waals surface area (Å²) in [7, 11) is 0. The largest absolute Gasteiger partial charge is 0.349 e. The highest BCUT2D eigenvalue weighted by Gasteiger charge is 2.24. The highest BCUT2D eigenvalue weighted by atomic mass is 19.1. The summed E-state index contributed by atoms with van der Waals surface area (Å²) in [6.07, 6.45) is 5.45. The fourth-order valence-corrected chi connectivity index (χ4v) is 3.02. The molecule has 136 valence electrons. The zero-order valence-electron chi connectivity index (χ0n) is 15.1. The molecule has 1 heterocycles. The van der Waals surface area contributed by atoms with Crippen LogP contribution < -0.4 is 5.32 Å². The van der Waals surface area contributed by atoms with Gasteiger partial charge in [-0.1, -0.05) is 30.8 Å². The smallest absolute Gasteiger partial charge is 0.251 e. The Bertz CT molecular complexity index is 1020. The van der Waals surface area contributed by atoms with Crippen molar-refractivity contribution in [1.82, 2.24) is 15.1 Å². The van der Waals surface area contributed by atoms with Crippen molar-refractivity contribution in [1.29, 1.82) is 0 Å². The summed E-state index contributed by atoms with van der Waals surface area (Å²) in [4.78, 5) is 12.3. The third kappa shape index (κ3) is 3.53. The lowest BCUT2D eigenvalue weighted by atomic mass is 9.96. The van der Waals surface area contributed by atoms with Crippen LogP contribution in [0.15, 0.2) is 55.2 Å². The van der Waals surface area contributed by atoms with Crippen molar-refractivity contribution in [2.24, 2.45) is 0 Å². The summed E-state index contributed by atoms with van der Waals surface area (Å²) in [5.74, 6) is -0.591. The molecule has 5 heteroatoms. The quantitative estimate of drug-likeness (QED) is 0.719. The molecule has 0 aliphatic heterocycles. The van der Waals surface area contributed by atoms with Gasteiger partial charge in [-0.2, -0.15) is 5.10 Å². The second-order valence-electron chi connectivity index (χ2n) is 6.82. The van der Waals surface area contributed by atoms with Crippen molar-refractivity contribution in [3.05, 3.63) is 72.2 Å². The highest BCUT2D eigenvalue weighted by molar-refractivity contribution is 5.96. The van der Waals surface area contributed by atoms with E-state index in [9.17, 15) is 9.18 Å². The first-order chi connectivity index (χ1) is 13.0. The Labute approximate surface area is 157 Å². The second-order valence-corrected chi connectivity index (χ2v) is 6.82. The molecule has 0 radical (unpaired) electrons. The lowest BCUT2D eigenvalue weighted by molar-refractivity contribution is 0.0950. The predicted octanol–water partition coefficient (Wildman–Crippen LogP) is 4.66. The average Bonchev–Trinajstić information content (AvgIpc) is 3.36. The van der Waals surface area contributed by atoms with Crippen molar-refractivity contribution in [2.75, 3.05) is 0 Å². The SMILES string of the molecule is C=Cn1ccc(-c2ccc(-c3cc(C(=O)NC4CC4)cc(F)c3C)cc2)n1. The number of nitrogens with one attached hydrogen (secondary N) is 1.